The van der Waals surface area contributed by atoms with Crippen LogP contribution in [-0.4, -0.2) is 25.1 Å². The Balaban J connectivity index is 2.04. The third-order valence-corrected chi connectivity index (χ3v) is 4.80. The maximum atomic E-state index is 11.2. The van der Waals surface area contributed by atoms with Crippen LogP contribution >= 0.6 is 23.4 Å². The van der Waals surface area contributed by atoms with Crippen molar-refractivity contribution in [1.82, 2.24) is 20.2 Å². The summed E-state index contributed by atoms with van der Waals surface area (Å²) in [4.78, 5) is 11.2. The van der Waals surface area contributed by atoms with Gasteiger partial charge < -0.3 is 0 Å². The number of nitro groups is 1. The molecule has 0 bridgehead atoms. The van der Waals surface area contributed by atoms with Crippen molar-refractivity contribution in [3.63, 3.8) is 0 Å². The highest BCUT2D eigenvalue weighted by Gasteiger charge is 2.19. The first-order valence-corrected chi connectivity index (χ1v) is 8.13. The van der Waals surface area contributed by atoms with E-state index in [0.29, 0.717) is 15.1 Å². The van der Waals surface area contributed by atoms with Crippen molar-refractivity contribution in [2.75, 3.05) is 0 Å². The summed E-state index contributed by atoms with van der Waals surface area (Å²) in [5.74, 6) is 0. The molecule has 0 unspecified atom stereocenters. The van der Waals surface area contributed by atoms with Gasteiger partial charge in [-0.1, -0.05) is 23.7 Å². The summed E-state index contributed by atoms with van der Waals surface area (Å²) in [6, 6.07) is 10.3. The Kier molecular flexibility index (Phi) is 4.50. The molecule has 0 saturated heterocycles. The van der Waals surface area contributed by atoms with Crippen molar-refractivity contribution in [2.45, 2.75) is 23.9 Å². The highest BCUT2D eigenvalue weighted by atomic mass is 35.5. The van der Waals surface area contributed by atoms with E-state index < -0.39 is 4.92 Å². The minimum atomic E-state index is -0.472. The zero-order valence-corrected chi connectivity index (χ0v) is 14.4. The first-order valence-electron chi connectivity index (χ1n) is 6.94. The van der Waals surface area contributed by atoms with E-state index in [1.54, 1.807) is 16.8 Å². The Hall–Kier alpha value is -2.45. The third-order valence-electron chi connectivity index (χ3n) is 3.56. The van der Waals surface area contributed by atoms with Crippen molar-refractivity contribution >= 4 is 29.1 Å². The summed E-state index contributed by atoms with van der Waals surface area (Å²) >= 11 is 6.97. The molecule has 0 aliphatic heterocycles. The molecular formula is C15H12ClN5O2S. The summed E-state index contributed by atoms with van der Waals surface area (Å²) in [7, 11) is 0. The zero-order chi connectivity index (χ0) is 17.3. The predicted octanol–water partition coefficient (Wildman–Crippen LogP) is 3.99. The van der Waals surface area contributed by atoms with Gasteiger partial charge >= 0.3 is 0 Å². The lowest BCUT2D eigenvalue weighted by Crippen LogP contribution is -2.02. The average molecular weight is 362 g/mol. The molecule has 0 radical (unpaired) electrons. The minimum absolute atomic E-state index is 0.0805. The molecule has 0 aliphatic rings. The summed E-state index contributed by atoms with van der Waals surface area (Å²) in [5, 5.41) is 23.7. The molecule has 0 atom stereocenters. The van der Waals surface area contributed by atoms with Crippen LogP contribution in [0, 0.1) is 24.0 Å². The second-order valence-corrected chi connectivity index (χ2v) is 6.51. The fourth-order valence-electron chi connectivity index (χ4n) is 2.18. The maximum Gasteiger partial charge on any atom is 0.284 e. The molecular weight excluding hydrogens is 350 g/mol. The number of nitro benzene ring substituents is 1. The largest absolute Gasteiger partial charge is 0.284 e. The van der Waals surface area contributed by atoms with Gasteiger partial charge in [-0.15, -0.1) is 5.10 Å². The molecule has 0 fully saturated rings. The first kappa shape index (κ1) is 16.4. The van der Waals surface area contributed by atoms with Gasteiger partial charge in [-0.3, -0.25) is 10.1 Å². The smallest absolute Gasteiger partial charge is 0.258 e. The molecule has 7 nitrogen and oxygen atoms in total. The summed E-state index contributed by atoms with van der Waals surface area (Å²) in [5.41, 5.74) is 2.90. The molecule has 2 aromatic carbocycles. The molecule has 0 N–H and O–H groups in total. The molecule has 0 aliphatic carbocycles. The van der Waals surface area contributed by atoms with E-state index >= 15 is 0 Å². The van der Waals surface area contributed by atoms with Crippen LogP contribution in [0.15, 0.2) is 46.5 Å². The van der Waals surface area contributed by atoms with E-state index in [1.807, 2.05) is 32.0 Å². The zero-order valence-electron chi connectivity index (χ0n) is 12.8. The summed E-state index contributed by atoms with van der Waals surface area (Å²) in [6.07, 6.45) is 0. The number of aromatic nitrogens is 4. The van der Waals surface area contributed by atoms with E-state index in [-0.39, 0.29) is 5.69 Å². The molecule has 0 spiro atoms. The fourth-order valence-corrected chi connectivity index (χ4v) is 3.21. The molecule has 3 rings (SSSR count). The predicted molar refractivity (Wildman–Crippen MR) is 90.9 cm³/mol. The number of hydrogen-bond acceptors (Lipinski definition) is 6. The van der Waals surface area contributed by atoms with Gasteiger partial charge in [-0.25, -0.2) is 0 Å². The number of nitrogens with zero attached hydrogens (tertiary/aromatic N) is 5. The summed E-state index contributed by atoms with van der Waals surface area (Å²) in [6.45, 7) is 3.98. The van der Waals surface area contributed by atoms with Gasteiger partial charge in [0.05, 0.1) is 15.5 Å². The monoisotopic (exact) mass is 361 g/mol. The van der Waals surface area contributed by atoms with E-state index in [2.05, 4.69) is 15.5 Å². The SMILES string of the molecule is Cc1cccc(-n2nnnc2Sc2ccc(Cl)cc2[N+](=O)[O-])c1C. The standard InChI is InChI=1S/C15H12ClN5O2S/c1-9-4-3-5-12(10(9)2)20-15(17-18-19-20)24-14-7-6-11(16)8-13(14)21(22)23/h3-8H,1-2H3. The third kappa shape index (κ3) is 3.10. The first-order chi connectivity index (χ1) is 11.5. The number of hydrogen-bond donors (Lipinski definition) is 0. The van der Waals surface area contributed by atoms with Gasteiger partial charge in [0, 0.05) is 11.1 Å². The van der Waals surface area contributed by atoms with Crippen LogP contribution in [0.2, 0.25) is 5.02 Å². The maximum absolute atomic E-state index is 11.2. The molecule has 1 aromatic heterocycles. The molecule has 1 heterocycles. The Morgan fingerprint density at radius 3 is 2.79 bits per heavy atom. The molecule has 9 heteroatoms. The van der Waals surface area contributed by atoms with Crippen LogP contribution < -0.4 is 0 Å². The van der Waals surface area contributed by atoms with Crippen LogP contribution in [0.5, 0.6) is 0 Å². The molecule has 24 heavy (non-hydrogen) atoms. The van der Waals surface area contributed by atoms with Crippen molar-refractivity contribution in [2.24, 2.45) is 0 Å². The Labute approximate surface area is 146 Å². The van der Waals surface area contributed by atoms with Crippen molar-refractivity contribution in [3.05, 3.63) is 62.7 Å². The van der Waals surface area contributed by atoms with Crippen molar-refractivity contribution < 1.29 is 4.92 Å². The molecule has 3 aromatic rings. The number of aryl methyl sites for hydroxylation is 1. The van der Waals surface area contributed by atoms with Crippen LogP contribution in [0.4, 0.5) is 5.69 Å². The van der Waals surface area contributed by atoms with E-state index in [1.165, 1.54) is 6.07 Å². The van der Waals surface area contributed by atoms with Gasteiger partial charge in [-0.05, 0) is 65.4 Å². The Morgan fingerprint density at radius 1 is 1.25 bits per heavy atom. The van der Waals surface area contributed by atoms with E-state index in [0.717, 1.165) is 28.6 Å². The van der Waals surface area contributed by atoms with E-state index in [9.17, 15) is 10.1 Å². The molecule has 122 valence electrons. The van der Waals surface area contributed by atoms with E-state index in [4.69, 9.17) is 11.6 Å². The molecule has 0 amide bonds. The second-order valence-electron chi connectivity index (χ2n) is 5.06. The van der Waals surface area contributed by atoms with Crippen molar-refractivity contribution in [1.29, 1.82) is 0 Å². The lowest BCUT2D eigenvalue weighted by Gasteiger charge is -2.09. The summed E-state index contributed by atoms with van der Waals surface area (Å²) < 4.78 is 1.57. The average Bonchev–Trinajstić information content (AvgIpc) is 2.99. The van der Waals surface area contributed by atoms with Gasteiger partial charge in [0.1, 0.15) is 0 Å². The Morgan fingerprint density at radius 2 is 2.04 bits per heavy atom. The van der Waals surface area contributed by atoms with Crippen LogP contribution in [0.3, 0.4) is 0 Å². The van der Waals surface area contributed by atoms with Crippen LogP contribution in [-0.2, 0) is 0 Å². The molecule has 0 saturated carbocycles. The minimum Gasteiger partial charge on any atom is -0.258 e. The quantitative estimate of drug-likeness (QED) is 0.515. The van der Waals surface area contributed by atoms with Gasteiger partial charge in [0.15, 0.2) is 0 Å². The number of rotatable bonds is 4. The normalized spacial score (nSPS) is 10.8. The topological polar surface area (TPSA) is 86.7 Å². The Bertz CT molecular complexity index is 928. The lowest BCUT2D eigenvalue weighted by atomic mass is 10.1. The van der Waals surface area contributed by atoms with Crippen molar-refractivity contribution in [3.8, 4) is 5.69 Å². The number of tetrazole rings is 1. The number of halogens is 1. The fraction of sp³-hybridized carbons (Fsp3) is 0.133. The van der Waals surface area contributed by atoms with Gasteiger partial charge in [0.25, 0.3) is 5.69 Å². The highest BCUT2D eigenvalue weighted by Crippen LogP contribution is 2.36. The van der Waals surface area contributed by atoms with Gasteiger partial charge in [0.2, 0.25) is 5.16 Å². The second kappa shape index (κ2) is 6.58. The highest BCUT2D eigenvalue weighted by molar-refractivity contribution is 7.99. The van der Waals surface area contributed by atoms with Crippen LogP contribution in [0.1, 0.15) is 11.1 Å². The number of benzene rings is 2. The van der Waals surface area contributed by atoms with Crippen LogP contribution in [0.25, 0.3) is 5.69 Å². The lowest BCUT2D eigenvalue weighted by molar-refractivity contribution is -0.387. The van der Waals surface area contributed by atoms with Gasteiger partial charge in [-0.2, -0.15) is 4.68 Å².